The van der Waals surface area contributed by atoms with E-state index >= 15 is 0 Å². The van der Waals surface area contributed by atoms with Crippen molar-refractivity contribution in [3.8, 4) is 0 Å². The first-order valence-corrected chi connectivity index (χ1v) is 5.81. The number of hydrogen-bond donors (Lipinski definition) is 0. The highest BCUT2D eigenvalue weighted by Gasteiger charge is 2.24. The van der Waals surface area contributed by atoms with Crippen molar-refractivity contribution in [3.63, 3.8) is 0 Å². The molecule has 0 aliphatic heterocycles. The molecule has 0 rings (SSSR count). The third-order valence-electron chi connectivity index (χ3n) is 3.35. The van der Waals surface area contributed by atoms with Gasteiger partial charge in [-0.25, -0.2) is 10.0 Å². The second kappa shape index (κ2) is 6.41. The second-order valence-electron chi connectivity index (χ2n) is 4.88. The molecule has 0 aliphatic rings. The van der Waals surface area contributed by atoms with Gasteiger partial charge in [-0.3, -0.25) is 0 Å². The number of nitrogens with zero attached hydrogens (tertiary/aromatic N) is 2. The van der Waals surface area contributed by atoms with E-state index < -0.39 is 0 Å². The van der Waals surface area contributed by atoms with E-state index in [4.69, 9.17) is 0 Å². The summed E-state index contributed by atoms with van der Waals surface area (Å²) in [7, 11) is 6.44. The van der Waals surface area contributed by atoms with Crippen LogP contribution in [-0.4, -0.2) is 37.2 Å². The van der Waals surface area contributed by atoms with Gasteiger partial charge in [0.15, 0.2) is 0 Å². The maximum Gasteiger partial charge on any atom is 0.0270 e. The fraction of sp³-hybridized carbons (Fsp3) is 1.00. The number of hydrogen-bond acceptors (Lipinski definition) is 2. The lowest BCUT2D eigenvalue weighted by Crippen LogP contribution is -2.46. The van der Waals surface area contributed by atoms with E-state index in [-0.39, 0.29) is 0 Å². The standard InChI is InChI=1S/C12H28N2/c1-8-9-12(11(4)10(2)3)14(7)13(5)6/h10-12H,8-9H2,1-7H3. The molecule has 0 bridgehead atoms. The van der Waals surface area contributed by atoms with E-state index in [9.17, 15) is 0 Å². The summed E-state index contributed by atoms with van der Waals surface area (Å²) < 4.78 is 0. The molecule has 0 amide bonds. The molecule has 0 spiro atoms. The maximum atomic E-state index is 2.37. The fourth-order valence-electron chi connectivity index (χ4n) is 1.83. The fourth-order valence-corrected chi connectivity index (χ4v) is 1.83. The SMILES string of the molecule is CCCC(C(C)C(C)C)N(C)N(C)C. The monoisotopic (exact) mass is 200 g/mol. The zero-order valence-electron chi connectivity index (χ0n) is 11.0. The molecule has 0 fully saturated rings. The minimum atomic E-state index is 0.676. The van der Waals surface area contributed by atoms with Crippen LogP contribution in [0.1, 0.15) is 40.5 Å². The van der Waals surface area contributed by atoms with Crippen LogP contribution < -0.4 is 0 Å². The molecule has 0 N–H and O–H groups in total. The maximum absolute atomic E-state index is 2.37. The van der Waals surface area contributed by atoms with Crippen LogP contribution in [0.25, 0.3) is 0 Å². The molecule has 0 aromatic carbocycles. The molecule has 86 valence electrons. The lowest BCUT2D eigenvalue weighted by Gasteiger charge is -2.38. The lowest BCUT2D eigenvalue weighted by molar-refractivity contribution is -0.0239. The Kier molecular flexibility index (Phi) is 6.38. The van der Waals surface area contributed by atoms with Gasteiger partial charge in [-0.2, -0.15) is 0 Å². The van der Waals surface area contributed by atoms with Crippen LogP contribution in [0.5, 0.6) is 0 Å². The average Bonchev–Trinajstić information content (AvgIpc) is 2.11. The van der Waals surface area contributed by atoms with E-state index in [2.05, 4.69) is 58.9 Å². The molecule has 2 heteroatoms. The van der Waals surface area contributed by atoms with E-state index in [1.54, 1.807) is 0 Å². The van der Waals surface area contributed by atoms with Crippen molar-refractivity contribution in [1.29, 1.82) is 0 Å². The number of rotatable bonds is 6. The topological polar surface area (TPSA) is 6.48 Å². The summed E-state index contributed by atoms with van der Waals surface area (Å²) in [5.41, 5.74) is 0. The number of hydrazine groups is 1. The first kappa shape index (κ1) is 13.9. The Labute approximate surface area is 90.2 Å². The first-order valence-electron chi connectivity index (χ1n) is 5.81. The van der Waals surface area contributed by atoms with Crippen molar-refractivity contribution in [1.82, 2.24) is 10.0 Å². The average molecular weight is 200 g/mol. The van der Waals surface area contributed by atoms with Crippen LogP contribution in [-0.2, 0) is 0 Å². The smallest absolute Gasteiger partial charge is 0.0270 e. The molecule has 2 unspecified atom stereocenters. The van der Waals surface area contributed by atoms with Crippen LogP contribution in [0.15, 0.2) is 0 Å². The summed E-state index contributed by atoms with van der Waals surface area (Å²) in [6.45, 7) is 9.27. The molecule has 0 aromatic rings. The van der Waals surface area contributed by atoms with Crippen LogP contribution in [0, 0.1) is 11.8 Å². The van der Waals surface area contributed by atoms with E-state index in [0.717, 1.165) is 11.8 Å². The molecule has 0 aromatic heterocycles. The van der Waals surface area contributed by atoms with Gasteiger partial charge in [0.25, 0.3) is 0 Å². The van der Waals surface area contributed by atoms with Gasteiger partial charge in [0, 0.05) is 27.2 Å². The first-order chi connectivity index (χ1) is 6.41. The van der Waals surface area contributed by atoms with Crippen molar-refractivity contribution >= 4 is 0 Å². The zero-order chi connectivity index (χ0) is 11.3. The summed E-state index contributed by atoms with van der Waals surface area (Å²) >= 11 is 0. The Morgan fingerprint density at radius 1 is 1.00 bits per heavy atom. The van der Waals surface area contributed by atoms with Gasteiger partial charge < -0.3 is 0 Å². The van der Waals surface area contributed by atoms with Crippen LogP contribution in [0.4, 0.5) is 0 Å². The summed E-state index contributed by atoms with van der Waals surface area (Å²) in [5, 5.41) is 4.56. The van der Waals surface area contributed by atoms with Gasteiger partial charge in [0.1, 0.15) is 0 Å². The van der Waals surface area contributed by atoms with Crippen molar-refractivity contribution in [2.45, 2.75) is 46.6 Å². The Morgan fingerprint density at radius 3 is 1.79 bits per heavy atom. The normalized spacial score (nSPS) is 16.7. The quantitative estimate of drug-likeness (QED) is 0.608. The Balaban J connectivity index is 4.41. The Hall–Kier alpha value is -0.0800. The van der Waals surface area contributed by atoms with E-state index in [1.807, 2.05) is 0 Å². The molecule has 0 saturated carbocycles. The van der Waals surface area contributed by atoms with Crippen LogP contribution >= 0.6 is 0 Å². The minimum Gasteiger partial charge on any atom is -0.248 e. The van der Waals surface area contributed by atoms with Gasteiger partial charge >= 0.3 is 0 Å². The van der Waals surface area contributed by atoms with Crippen LogP contribution in [0.2, 0.25) is 0 Å². The van der Waals surface area contributed by atoms with E-state index in [0.29, 0.717) is 6.04 Å². The highest BCUT2D eigenvalue weighted by molar-refractivity contribution is 4.74. The Bertz CT molecular complexity index is 129. The molecule has 0 heterocycles. The summed E-state index contributed by atoms with van der Waals surface area (Å²) in [6, 6.07) is 0.676. The minimum absolute atomic E-state index is 0.676. The predicted molar refractivity (Wildman–Crippen MR) is 64.1 cm³/mol. The molecule has 2 atom stereocenters. The molecular weight excluding hydrogens is 172 g/mol. The third-order valence-corrected chi connectivity index (χ3v) is 3.35. The van der Waals surface area contributed by atoms with Gasteiger partial charge in [-0.15, -0.1) is 0 Å². The van der Waals surface area contributed by atoms with Crippen molar-refractivity contribution in [2.75, 3.05) is 21.1 Å². The molecular formula is C12H28N2. The van der Waals surface area contributed by atoms with Crippen molar-refractivity contribution < 1.29 is 0 Å². The lowest BCUT2D eigenvalue weighted by atomic mass is 9.87. The molecule has 0 radical (unpaired) electrons. The molecule has 0 aliphatic carbocycles. The summed E-state index contributed by atoms with van der Waals surface area (Å²) in [4.78, 5) is 0. The summed E-state index contributed by atoms with van der Waals surface area (Å²) in [5.74, 6) is 1.51. The van der Waals surface area contributed by atoms with Crippen molar-refractivity contribution in [2.24, 2.45) is 11.8 Å². The second-order valence-corrected chi connectivity index (χ2v) is 4.88. The zero-order valence-corrected chi connectivity index (χ0v) is 11.0. The largest absolute Gasteiger partial charge is 0.248 e. The Morgan fingerprint density at radius 2 is 1.50 bits per heavy atom. The van der Waals surface area contributed by atoms with Gasteiger partial charge in [-0.05, 0) is 18.3 Å². The predicted octanol–water partition coefficient (Wildman–Crippen LogP) is 2.86. The van der Waals surface area contributed by atoms with Crippen LogP contribution in [0.3, 0.4) is 0 Å². The highest BCUT2D eigenvalue weighted by atomic mass is 15.6. The van der Waals surface area contributed by atoms with Gasteiger partial charge in [0.2, 0.25) is 0 Å². The van der Waals surface area contributed by atoms with E-state index in [1.165, 1.54) is 12.8 Å². The summed E-state index contributed by atoms with van der Waals surface area (Å²) in [6.07, 6.45) is 2.55. The van der Waals surface area contributed by atoms with Gasteiger partial charge in [-0.1, -0.05) is 34.1 Å². The van der Waals surface area contributed by atoms with Gasteiger partial charge in [0.05, 0.1) is 0 Å². The molecule has 0 saturated heterocycles. The molecule has 14 heavy (non-hydrogen) atoms. The van der Waals surface area contributed by atoms with Crippen molar-refractivity contribution in [3.05, 3.63) is 0 Å². The third kappa shape index (κ3) is 3.97. The highest BCUT2D eigenvalue weighted by Crippen LogP contribution is 2.22. The molecule has 2 nitrogen and oxygen atoms in total.